The number of hydrogen-bond acceptors (Lipinski definition) is 3. The normalized spacial score (nSPS) is 33.2. The Kier molecular flexibility index (Phi) is 3.30. The highest BCUT2D eigenvalue weighted by Gasteiger charge is 2.50. The molecule has 2 fully saturated rings. The van der Waals surface area contributed by atoms with Gasteiger partial charge in [-0.3, -0.25) is 0 Å². The van der Waals surface area contributed by atoms with Gasteiger partial charge in [0, 0.05) is 34.8 Å². The molecule has 3 rings (SSSR count). The second-order valence-electron chi connectivity index (χ2n) is 5.43. The molecular weight excluding hydrogens is 298 g/mol. The van der Waals surface area contributed by atoms with E-state index in [0.29, 0.717) is 11.5 Å². The van der Waals surface area contributed by atoms with E-state index in [9.17, 15) is 0 Å². The molecule has 0 N–H and O–H groups in total. The Balaban J connectivity index is 1.80. The van der Waals surface area contributed by atoms with Crippen molar-refractivity contribution in [1.82, 2.24) is 4.98 Å². The number of hydrogen-bond donors (Lipinski definition) is 0. The third-order valence-corrected chi connectivity index (χ3v) is 6.07. The Labute approximate surface area is 115 Å². The smallest absolute Gasteiger partial charge is 0.0934 e. The summed E-state index contributed by atoms with van der Waals surface area (Å²) in [6.45, 7) is 3.00. The van der Waals surface area contributed by atoms with E-state index < -0.39 is 0 Å². The van der Waals surface area contributed by atoms with Crippen LogP contribution in [0.25, 0.3) is 0 Å². The number of aromatic nitrogens is 1. The fourth-order valence-electron chi connectivity index (χ4n) is 2.91. The molecular formula is C13H18BrNOS. The van der Waals surface area contributed by atoms with Gasteiger partial charge in [-0.05, 0) is 32.1 Å². The first-order valence-corrected chi connectivity index (χ1v) is 8.32. The van der Waals surface area contributed by atoms with Crippen LogP contribution in [0.1, 0.15) is 30.0 Å². The lowest BCUT2D eigenvalue weighted by Gasteiger charge is -2.31. The molecule has 1 aliphatic carbocycles. The number of ether oxygens (including phenoxy) is 1. The van der Waals surface area contributed by atoms with Crippen LogP contribution in [0.3, 0.4) is 0 Å². The molecule has 1 aromatic rings. The number of thiazole rings is 1. The standard InChI is InChI=1S/C13H18BrNOS/c1-9-7-17-11(15-9)6-13(8-14)4-5-16-12(13)10-2-3-10/h7,10,12H,2-6,8H2,1H3. The Hall–Kier alpha value is 0.0700. The molecule has 0 aromatic carbocycles. The van der Waals surface area contributed by atoms with Gasteiger partial charge in [0.2, 0.25) is 0 Å². The average Bonchev–Trinajstić information content (AvgIpc) is 2.96. The van der Waals surface area contributed by atoms with Gasteiger partial charge in [-0.25, -0.2) is 4.98 Å². The SMILES string of the molecule is Cc1csc(CC2(CBr)CCOC2C2CC2)n1. The van der Waals surface area contributed by atoms with Crippen LogP contribution in [0, 0.1) is 18.3 Å². The quantitative estimate of drug-likeness (QED) is 0.792. The minimum absolute atomic E-state index is 0.297. The molecule has 2 atom stereocenters. The highest BCUT2D eigenvalue weighted by atomic mass is 79.9. The van der Waals surface area contributed by atoms with Gasteiger partial charge in [0.25, 0.3) is 0 Å². The number of rotatable bonds is 4. The largest absolute Gasteiger partial charge is 0.377 e. The van der Waals surface area contributed by atoms with Gasteiger partial charge in [0.1, 0.15) is 0 Å². The first-order valence-electron chi connectivity index (χ1n) is 6.32. The van der Waals surface area contributed by atoms with E-state index in [-0.39, 0.29) is 0 Å². The van der Waals surface area contributed by atoms with Crippen LogP contribution in [0.15, 0.2) is 5.38 Å². The molecule has 1 aliphatic heterocycles. The zero-order valence-corrected chi connectivity index (χ0v) is 12.5. The van der Waals surface area contributed by atoms with Gasteiger partial charge in [0.05, 0.1) is 11.1 Å². The summed E-state index contributed by atoms with van der Waals surface area (Å²) in [5.41, 5.74) is 1.45. The Morgan fingerprint density at radius 1 is 1.59 bits per heavy atom. The molecule has 1 saturated carbocycles. The van der Waals surface area contributed by atoms with Gasteiger partial charge in [-0.15, -0.1) is 11.3 Å². The van der Waals surface area contributed by atoms with Gasteiger partial charge in [0.15, 0.2) is 0 Å². The van der Waals surface area contributed by atoms with Gasteiger partial charge >= 0.3 is 0 Å². The molecule has 2 heterocycles. The second-order valence-corrected chi connectivity index (χ2v) is 6.94. The van der Waals surface area contributed by atoms with Crippen LogP contribution < -0.4 is 0 Å². The van der Waals surface area contributed by atoms with Crippen molar-refractivity contribution in [2.75, 3.05) is 11.9 Å². The van der Waals surface area contributed by atoms with Crippen molar-refractivity contribution in [2.24, 2.45) is 11.3 Å². The highest BCUT2D eigenvalue weighted by Crippen LogP contribution is 2.50. The van der Waals surface area contributed by atoms with Crippen LogP contribution in [0.4, 0.5) is 0 Å². The molecule has 1 saturated heterocycles. The lowest BCUT2D eigenvalue weighted by molar-refractivity contribution is 0.0413. The van der Waals surface area contributed by atoms with Crippen LogP contribution >= 0.6 is 27.3 Å². The maximum Gasteiger partial charge on any atom is 0.0934 e. The average molecular weight is 316 g/mol. The molecule has 17 heavy (non-hydrogen) atoms. The van der Waals surface area contributed by atoms with Gasteiger partial charge < -0.3 is 4.74 Å². The fourth-order valence-corrected chi connectivity index (χ4v) is 4.63. The molecule has 0 radical (unpaired) electrons. The highest BCUT2D eigenvalue weighted by molar-refractivity contribution is 9.09. The Bertz CT molecular complexity index is 404. The van der Waals surface area contributed by atoms with Gasteiger partial charge in [-0.1, -0.05) is 15.9 Å². The minimum Gasteiger partial charge on any atom is -0.377 e. The summed E-state index contributed by atoms with van der Waals surface area (Å²) in [6.07, 6.45) is 5.44. The molecule has 1 aromatic heterocycles. The van der Waals surface area contributed by atoms with Crippen LogP contribution in [-0.4, -0.2) is 23.0 Å². The van der Waals surface area contributed by atoms with Crippen molar-refractivity contribution in [3.05, 3.63) is 16.1 Å². The lowest BCUT2D eigenvalue weighted by atomic mass is 9.78. The third-order valence-electron chi connectivity index (χ3n) is 3.99. The van der Waals surface area contributed by atoms with E-state index in [1.54, 1.807) is 11.3 Å². The lowest BCUT2D eigenvalue weighted by Crippen LogP contribution is -2.36. The summed E-state index contributed by atoms with van der Waals surface area (Å²) in [5, 5.41) is 4.47. The monoisotopic (exact) mass is 315 g/mol. The molecule has 2 aliphatic rings. The fraction of sp³-hybridized carbons (Fsp3) is 0.769. The maximum absolute atomic E-state index is 6.01. The zero-order valence-electron chi connectivity index (χ0n) is 10.1. The predicted octanol–water partition coefficient (Wildman–Crippen LogP) is 3.57. The van der Waals surface area contributed by atoms with Gasteiger partial charge in [-0.2, -0.15) is 0 Å². The first-order chi connectivity index (χ1) is 8.23. The Morgan fingerprint density at radius 2 is 2.41 bits per heavy atom. The van der Waals surface area contributed by atoms with Crippen molar-refractivity contribution in [3.63, 3.8) is 0 Å². The molecule has 0 bridgehead atoms. The summed E-state index contributed by atoms with van der Waals surface area (Å²) < 4.78 is 6.01. The minimum atomic E-state index is 0.297. The van der Waals surface area contributed by atoms with E-state index in [0.717, 1.165) is 30.0 Å². The maximum atomic E-state index is 6.01. The zero-order chi connectivity index (χ0) is 11.9. The topological polar surface area (TPSA) is 22.1 Å². The summed E-state index contributed by atoms with van der Waals surface area (Å²) in [5.74, 6) is 0.816. The van der Waals surface area contributed by atoms with Crippen LogP contribution in [0.5, 0.6) is 0 Å². The van der Waals surface area contributed by atoms with Crippen molar-refractivity contribution < 1.29 is 4.74 Å². The van der Waals surface area contributed by atoms with E-state index >= 15 is 0 Å². The van der Waals surface area contributed by atoms with Crippen LogP contribution in [0.2, 0.25) is 0 Å². The summed E-state index contributed by atoms with van der Waals surface area (Å²) >= 11 is 5.53. The Morgan fingerprint density at radius 3 is 3.00 bits per heavy atom. The number of halogens is 1. The van der Waals surface area contributed by atoms with Crippen molar-refractivity contribution in [1.29, 1.82) is 0 Å². The van der Waals surface area contributed by atoms with Crippen LogP contribution in [-0.2, 0) is 11.2 Å². The third kappa shape index (κ3) is 2.32. The van der Waals surface area contributed by atoms with Crippen molar-refractivity contribution >= 4 is 27.3 Å². The molecule has 4 heteroatoms. The second kappa shape index (κ2) is 4.63. The number of aryl methyl sites for hydroxylation is 1. The summed E-state index contributed by atoms with van der Waals surface area (Å²) in [4.78, 5) is 4.62. The van der Waals surface area contributed by atoms with Crippen molar-refractivity contribution in [2.45, 2.75) is 38.7 Å². The number of alkyl halides is 1. The predicted molar refractivity (Wildman–Crippen MR) is 73.9 cm³/mol. The van der Waals surface area contributed by atoms with E-state index in [2.05, 4.69) is 33.2 Å². The summed E-state index contributed by atoms with van der Waals surface area (Å²) in [6, 6.07) is 0. The molecule has 2 unspecified atom stereocenters. The molecule has 0 spiro atoms. The molecule has 2 nitrogen and oxygen atoms in total. The van der Waals surface area contributed by atoms with E-state index in [1.807, 2.05) is 0 Å². The van der Waals surface area contributed by atoms with Crippen molar-refractivity contribution in [3.8, 4) is 0 Å². The van der Waals surface area contributed by atoms with E-state index in [4.69, 9.17) is 4.74 Å². The van der Waals surface area contributed by atoms with E-state index in [1.165, 1.54) is 24.3 Å². The summed E-state index contributed by atoms with van der Waals surface area (Å²) in [7, 11) is 0. The number of nitrogens with zero attached hydrogens (tertiary/aromatic N) is 1. The molecule has 0 amide bonds. The first kappa shape index (κ1) is 12.1. The molecule has 94 valence electrons.